The zero-order chi connectivity index (χ0) is 31.5. The van der Waals surface area contributed by atoms with Gasteiger partial charge in [-0.1, -0.05) is 108 Å². The van der Waals surface area contributed by atoms with Crippen LogP contribution < -0.4 is 9.62 Å². The Kier molecular flexibility index (Phi) is 11.7. The van der Waals surface area contributed by atoms with Crippen molar-refractivity contribution in [3.63, 3.8) is 0 Å². The molecule has 9 heteroatoms. The molecule has 230 valence electrons. The number of sulfonamides is 1. The molecule has 0 aliphatic heterocycles. The average Bonchev–Trinajstić information content (AvgIpc) is 3.03. The summed E-state index contributed by atoms with van der Waals surface area (Å²) in [4.78, 5) is 29.9. The topological polar surface area (TPSA) is 86.8 Å². The van der Waals surface area contributed by atoms with E-state index in [4.69, 9.17) is 0 Å². The number of rotatable bonds is 14. The van der Waals surface area contributed by atoms with Crippen LogP contribution >= 0.6 is 15.9 Å². The van der Waals surface area contributed by atoms with E-state index in [1.54, 1.807) is 30.3 Å². The fraction of sp³-hybridized carbons (Fsp3) is 0.257. The summed E-state index contributed by atoms with van der Waals surface area (Å²) in [6, 6.07) is 31.4. The van der Waals surface area contributed by atoms with Gasteiger partial charge in [-0.3, -0.25) is 13.9 Å². The maximum absolute atomic E-state index is 14.5. The van der Waals surface area contributed by atoms with Crippen LogP contribution in [0.1, 0.15) is 36.5 Å². The molecule has 0 saturated carbocycles. The molecule has 0 bridgehead atoms. The Morgan fingerprint density at radius 1 is 0.841 bits per heavy atom. The van der Waals surface area contributed by atoms with E-state index in [2.05, 4.69) is 21.2 Å². The first-order valence-corrected chi connectivity index (χ1v) is 16.9. The largest absolute Gasteiger partial charge is 0.354 e. The third-order valence-electron chi connectivity index (χ3n) is 7.34. The number of nitrogens with one attached hydrogen (secondary N) is 1. The molecule has 1 atom stereocenters. The molecule has 0 heterocycles. The van der Waals surface area contributed by atoms with Gasteiger partial charge in [0.1, 0.15) is 12.6 Å². The van der Waals surface area contributed by atoms with E-state index in [0.717, 1.165) is 32.7 Å². The number of anilines is 1. The van der Waals surface area contributed by atoms with E-state index in [9.17, 15) is 18.0 Å². The molecule has 0 aliphatic carbocycles. The normalized spacial score (nSPS) is 11.9. The Morgan fingerprint density at radius 2 is 1.48 bits per heavy atom. The van der Waals surface area contributed by atoms with Crippen LogP contribution in [0, 0.1) is 6.92 Å². The summed E-state index contributed by atoms with van der Waals surface area (Å²) >= 11 is 3.51. The van der Waals surface area contributed by atoms with Crippen LogP contribution in [-0.4, -0.2) is 44.3 Å². The third-order valence-corrected chi connectivity index (χ3v) is 9.60. The zero-order valence-electron chi connectivity index (χ0n) is 25.0. The Hall–Kier alpha value is -3.95. The van der Waals surface area contributed by atoms with E-state index in [1.165, 1.54) is 17.0 Å². The van der Waals surface area contributed by atoms with Crippen molar-refractivity contribution in [3.05, 3.63) is 130 Å². The van der Waals surface area contributed by atoms with Crippen LogP contribution in [0.4, 0.5) is 5.69 Å². The molecular formula is C35H38BrN3O4S. The molecule has 0 radical (unpaired) electrons. The summed E-state index contributed by atoms with van der Waals surface area (Å²) in [5.41, 5.74) is 2.80. The second-order valence-electron chi connectivity index (χ2n) is 10.6. The second-order valence-corrected chi connectivity index (χ2v) is 13.4. The van der Waals surface area contributed by atoms with E-state index >= 15 is 0 Å². The number of carbonyl (C=O) groups excluding carboxylic acids is 2. The molecule has 0 aromatic heterocycles. The number of hydrogen-bond acceptors (Lipinski definition) is 4. The standard InChI is InChI=1S/C35H38BrN3O4S/c1-3-4-22-37-35(41)33(24-28-15-7-5-8-16-28)38(25-29-17-13-18-30(36)23-29)34(40)26-39(32-21-12-11-14-27(32)2)44(42,43)31-19-9-6-10-20-31/h5-21,23,33H,3-4,22,24-26H2,1-2H3,(H,37,41)/t33-/m1/s1. The SMILES string of the molecule is CCCCNC(=O)[C@@H](Cc1ccccc1)N(Cc1cccc(Br)c1)C(=O)CN(c1ccccc1C)S(=O)(=O)c1ccccc1. The molecule has 1 N–H and O–H groups in total. The molecule has 0 fully saturated rings. The molecule has 4 aromatic carbocycles. The number of hydrogen-bond donors (Lipinski definition) is 1. The number of halogens is 1. The van der Waals surface area contributed by atoms with Gasteiger partial charge in [0.25, 0.3) is 10.0 Å². The highest BCUT2D eigenvalue weighted by Crippen LogP contribution is 2.28. The highest BCUT2D eigenvalue weighted by atomic mass is 79.9. The van der Waals surface area contributed by atoms with Crippen LogP contribution in [0.2, 0.25) is 0 Å². The predicted octanol–water partition coefficient (Wildman–Crippen LogP) is 6.51. The summed E-state index contributed by atoms with van der Waals surface area (Å²) < 4.78 is 30.2. The lowest BCUT2D eigenvalue weighted by molar-refractivity contribution is -0.140. The summed E-state index contributed by atoms with van der Waals surface area (Å²) in [5.74, 6) is -0.765. The molecule has 4 rings (SSSR count). The highest BCUT2D eigenvalue weighted by molar-refractivity contribution is 9.10. The Labute approximate surface area is 269 Å². The Bertz CT molecular complexity index is 1650. The molecule has 0 saturated heterocycles. The van der Waals surface area contributed by atoms with Crippen LogP contribution in [0.3, 0.4) is 0 Å². The van der Waals surface area contributed by atoms with Crippen LogP contribution in [0.15, 0.2) is 119 Å². The molecule has 0 aliphatic rings. The summed E-state index contributed by atoms with van der Waals surface area (Å²) in [6.45, 7) is 3.97. The van der Waals surface area contributed by atoms with Gasteiger partial charge in [0.2, 0.25) is 11.8 Å². The van der Waals surface area contributed by atoms with Gasteiger partial charge in [0.15, 0.2) is 0 Å². The highest BCUT2D eigenvalue weighted by Gasteiger charge is 2.35. The number of para-hydroxylation sites is 1. The lowest BCUT2D eigenvalue weighted by Gasteiger charge is -2.34. The van der Waals surface area contributed by atoms with Gasteiger partial charge >= 0.3 is 0 Å². The molecule has 7 nitrogen and oxygen atoms in total. The molecule has 4 aromatic rings. The van der Waals surface area contributed by atoms with Crippen LogP contribution in [0.5, 0.6) is 0 Å². The smallest absolute Gasteiger partial charge is 0.264 e. The minimum Gasteiger partial charge on any atom is -0.354 e. The molecule has 0 spiro atoms. The van der Waals surface area contributed by atoms with Crippen molar-refractivity contribution in [2.75, 3.05) is 17.4 Å². The minimum absolute atomic E-state index is 0.0766. The second kappa shape index (κ2) is 15.7. The summed E-state index contributed by atoms with van der Waals surface area (Å²) in [7, 11) is -4.13. The van der Waals surface area contributed by atoms with Crippen LogP contribution in [-0.2, 0) is 32.6 Å². The first-order valence-electron chi connectivity index (χ1n) is 14.7. The fourth-order valence-corrected chi connectivity index (χ4v) is 6.91. The monoisotopic (exact) mass is 675 g/mol. The maximum Gasteiger partial charge on any atom is 0.264 e. The number of aryl methyl sites for hydroxylation is 1. The maximum atomic E-state index is 14.5. The van der Waals surface area contributed by atoms with E-state index in [-0.39, 0.29) is 23.8 Å². The predicted molar refractivity (Wildman–Crippen MR) is 179 cm³/mol. The van der Waals surface area contributed by atoms with Crippen LogP contribution in [0.25, 0.3) is 0 Å². The van der Waals surface area contributed by atoms with Gasteiger partial charge in [0, 0.05) is 24.0 Å². The van der Waals surface area contributed by atoms with Crippen molar-refractivity contribution < 1.29 is 18.0 Å². The number of amides is 2. The number of nitrogens with zero attached hydrogens (tertiary/aromatic N) is 2. The Balaban J connectivity index is 1.79. The van der Waals surface area contributed by atoms with Gasteiger partial charge in [-0.25, -0.2) is 8.42 Å². The first kappa shape index (κ1) is 33.0. The molecule has 2 amide bonds. The fourth-order valence-electron chi connectivity index (χ4n) is 4.97. The van der Waals surface area contributed by atoms with Crippen molar-refractivity contribution >= 4 is 43.5 Å². The quantitative estimate of drug-likeness (QED) is 0.154. The van der Waals surface area contributed by atoms with Crippen molar-refractivity contribution in [2.24, 2.45) is 0 Å². The zero-order valence-corrected chi connectivity index (χ0v) is 27.4. The van der Waals surface area contributed by atoms with E-state index in [1.807, 2.05) is 80.6 Å². The summed E-state index contributed by atoms with van der Waals surface area (Å²) in [6.07, 6.45) is 1.99. The number of benzene rings is 4. The molecule has 44 heavy (non-hydrogen) atoms. The lowest BCUT2D eigenvalue weighted by Crippen LogP contribution is -2.53. The third kappa shape index (κ3) is 8.57. The van der Waals surface area contributed by atoms with Crippen molar-refractivity contribution in [2.45, 2.75) is 50.6 Å². The minimum atomic E-state index is -4.13. The van der Waals surface area contributed by atoms with Gasteiger partial charge in [-0.05, 0) is 60.4 Å². The van der Waals surface area contributed by atoms with Gasteiger partial charge in [0.05, 0.1) is 10.6 Å². The lowest BCUT2D eigenvalue weighted by atomic mass is 10.0. The first-order chi connectivity index (χ1) is 21.2. The van der Waals surface area contributed by atoms with Crippen molar-refractivity contribution in [3.8, 4) is 0 Å². The number of unbranched alkanes of at least 4 members (excludes halogenated alkanes) is 1. The average molecular weight is 677 g/mol. The van der Waals surface area contributed by atoms with E-state index in [0.29, 0.717) is 17.8 Å². The molecule has 0 unspecified atom stereocenters. The number of carbonyl (C=O) groups is 2. The van der Waals surface area contributed by atoms with Gasteiger partial charge < -0.3 is 10.2 Å². The van der Waals surface area contributed by atoms with E-state index < -0.39 is 28.5 Å². The van der Waals surface area contributed by atoms with Gasteiger partial charge in [-0.15, -0.1) is 0 Å². The summed E-state index contributed by atoms with van der Waals surface area (Å²) in [5, 5.41) is 3.01. The van der Waals surface area contributed by atoms with Crippen molar-refractivity contribution in [1.29, 1.82) is 0 Å². The molecular weight excluding hydrogens is 638 g/mol. The Morgan fingerprint density at radius 3 is 2.14 bits per heavy atom. The van der Waals surface area contributed by atoms with Crippen molar-refractivity contribution in [1.82, 2.24) is 10.2 Å². The van der Waals surface area contributed by atoms with Gasteiger partial charge in [-0.2, -0.15) is 0 Å².